The minimum atomic E-state index is -0.729. The van der Waals surface area contributed by atoms with Crippen LogP contribution in [0, 0.1) is 11.8 Å². The Labute approximate surface area is 250 Å². The van der Waals surface area contributed by atoms with Crippen LogP contribution in [0.1, 0.15) is 72.4 Å². The van der Waals surface area contributed by atoms with Crippen molar-refractivity contribution < 1.29 is 9.59 Å². The quantitative estimate of drug-likeness (QED) is 0.210. The van der Waals surface area contributed by atoms with Gasteiger partial charge in [-0.15, -0.1) is 22.0 Å². The molecule has 0 unspecified atom stereocenters. The molecule has 2 aromatic heterocycles. The van der Waals surface area contributed by atoms with Crippen LogP contribution in [-0.4, -0.2) is 55.3 Å². The number of nitrogens with zero attached hydrogens (tertiary/aromatic N) is 6. The van der Waals surface area contributed by atoms with E-state index in [9.17, 15) is 9.59 Å². The summed E-state index contributed by atoms with van der Waals surface area (Å²) in [6.07, 6.45) is 8.01. The molecule has 2 fully saturated rings. The van der Waals surface area contributed by atoms with Crippen molar-refractivity contribution in [2.24, 2.45) is 18.9 Å². The minimum Gasteiger partial charge on any atom is -0.320 e. The average molecular weight is 594 g/mol. The maximum Gasteiger partial charge on any atom is 0.319 e. The van der Waals surface area contributed by atoms with Crippen LogP contribution >= 0.6 is 23.4 Å². The Morgan fingerprint density at radius 1 is 1.20 bits per heavy atom. The molecule has 4 heterocycles. The van der Waals surface area contributed by atoms with E-state index in [1.165, 1.54) is 18.4 Å². The summed E-state index contributed by atoms with van der Waals surface area (Å²) in [6, 6.07) is 8.13. The second-order valence-electron chi connectivity index (χ2n) is 12.1. The van der Waals surface area contributed by atoms with E-state index in [2.05, 4.69) is 52.7 Å². The van der Waals surface area contributed by atoms with Crippen LogP contribution in [0.5, 0.6) is 0 Å². The summed E-state index contributed by atoms with van der Waals surface area (Å²) in [5.74, 6) is 2.77. The zero-order valence-corrected chi connectivity index (χ0v) is 25.6. The summed E-state index contributed by atoms with van der Waals surface area (Å²) < 4.78 is 1.94. The van der Waals surface area contributed by atoms with E-state index in [4.69, 9.17) is 16.6 Å². The highest BCUT2D eigenvalue weighted by molar-refractivity contribution is 7.98. The van der Waals surface area contributed by atoms with Gasteiger partial charge in [-0.25, -0.2) is 4.98 Å². The number of fused-ring (bicyclic) bond motifs is 1. The Morgan fingerprint density at radius 3 is 2.66 bits per heavy atom. The van der Waals surface area contributed by atoms with E-state index >= 15 is 0 Å². The highest BCUT2D eigenvalue weighted by Crippen LogP contribution is 2.52. The number of benzene rings is 1. The molecule has 11 heteroatoms. The molecule has 9 nitrogen and oxygen atoms in total. The lowest BCUT2D eigenvalue weighted by Crippen LogP contribution is -2.43. The van der Waals surface area contributed by atoms with Crippen LogP contribution < -0.4 is 10.2 Å². The Balaban J connectivity index is 1.37. The third kappa shape index (κ3) is 5.26. The Morgan fingerprint density at radius 2 is 2.00 bits per heavy atom. The molecule has 1 N–H and O–H groups in total. The largest absolute Gasteiger partial charge is 0.320 e. The van der Waals surface area contributed by atoms with E-state index < -0.39 is 10.8 Å². The average Bonchev–Trinajstić information content (AvgIpc) is 3.49. The summed E-state index contributed by atoms with van der Waals surface area (Å²) in [7, 11) is 1.94. The number of thioether (sulfide) groups is 1. The molecule has 0 bridgehead atoms. The predicted molar refractivity (Wildman–Crippen MR) is 162 cm³/mol. The standard InChI is InChI=1S/C30H36ClN7O2S/c1-18-6-5-7-37(14-18)15-20-8-22-23(24(9-20)41-4)16-38(27(22)39)26-11-21(10-25(33-26)34-29(31)40)30(12-19(2)13-30)28-35-32-17-36(28)3/h8-11,17-19H,5-7,12-16H2,1-4H3,(H,33,34,40)/t18-,19?,30?/m0/s1. The normalized spacial score (nSPS) is 24.3. The number of carbonyl (C=O) groups is 2. The number of rotatable bonds is 7. The second kappa shape index (κ2) is 11.0. The van der Waals surface area contributed by atoms with Gasteiger partial charge in [-0.1, -0.05) is 13.8 Å². The van der Waals surface area contributed by atoms with Crippen molar-refractivity contribution in [2.45, 2.75) is 62.9 Å². The molecule has 3 aromatic rings. The van der Waals surface area contributed by atoms with Crippen molar-refractivity contribution in [2.75, 3.05) is 29.6 Å². The highest BCUT2D eigenvalue weighted by Gasteiger charge is 2.49. The van der Waals surface area contributed by atoms with Crippen molar-refractivity contribution in [1.29, 1.82) is 0 Å². The minimum absolute atomic E-state index is 0.0772. The zero-order valence-electron chi connectivity index (χ0n) is 24.0. The molecular formula is C30H36ClN7O2S. The summed E-state index contributed by atoms with van der Waals surface area (Å²) in [5.41, 5.74) is 3.46. The Hall–Kier alpha value is -2.95. The van der Waals surface area contributed by atoms with Crippen LogP contribution in [0.2, 0.25) is 0 Å². The van der Waals surface area contributed by atoms with Crippen molar-refractivity contribution >= 4 is 46.3 Å². The first-order valence-corrected chi connectivity index (χ1v) is 15.8. The maximum absolute atomic E-state index is 14.0. The molecular weight excluding hydrogens is 558 g/mol. The summed E-state index contributed by atoms with van der Waals surface area (Å²) >= 11 is 7.40. The fourth-order valence-electron chi connectivity index (χ4n) is 7.07. The number of likely N-dealkylation sites (tertiary alicyclic amines) is 1. The van der Waals surface area contributed by atoms with Gasteiger partial charge in [0.15, 0.2) is 0 Å². The van der Waals surface area contributed by atoms with E-state index in [0.717, 1.165) is 59.9 Å². The first-order valence-electron chi connectivity index (χ1n) is 14.2. The smallest absolute Gasteiger partial charge is 0.319 e. The van der Waals surface area contributed by atoms with Gasteiger partial charge in [0.1, 0.15) is 23.8 Å². The van der Waals surface area contributed by atoms with E-state index in [1.807, 2.05) is 23.7 Å². The van der Waals surface area contributed by atoms with Gasteiger partial charge in [0.2, 0.25) is 0 Å². The Kier molecular flexibility index (Phi) is 7.59. The van der Waals surface area contributed by atoms with E-state index in [-0.39, 0.29) is 5.91 Å². The lowest BCUT2D eigenvalue weighted by atomic mass is 9.58. The van der Waals surface area contributed by atoms with Gasteiger partial charge < -0.3 is 4.57 Å². The molecule has 0 radical (unpaired) electrons. The van der Waals surface area contributed by atoms with Crippen molar-refractivity contribution in [3.05, 3.63) is 58.7 Å². The lowest BCUT2D eigenvalue weighted by Gasteiger charge is -2.46. The second-order valence-corrected chi connectivity index (χ2v) is 13.2. The molecule has 216 valence electrons. The number of piperidine rings is 1. The molecule has 1 aromatic carbocycles. The predicted octanol–water partition coefficient (Wildman–Crippen LogP) is 5.81. The van der Waals surface area contributed by atoms with Gasteiger partial charge in [-0.05, 0) is 103 Å². The first kappa shape index (κ1) is 28.2. The van der Waals surface area contributed by atoms with Gasteiger partial charge in [0, 0.05) is 30.6 Å². The number of nitrogens with one attached hydrogen (secondary N) is 1. The molecule has 1 atom stereocenters. The highest BCUT2D eigenvalue weighted by atomic mass is 35.5. The van der Waals surface area contributed by atoms with Crippen LogP contribution in [0.3, 0.4) is 0 Å². The molecule has 1 saturated carbocycles. The number of pyridine rings is 1. The SMILES string of the molecule is CSc1cc(CN2CCC[C@H](C)C2)cc2c1CN(c1cc(C3(c4nncn4C)CC(C)C3)cc(NC(=O)Cl)n1)C2=O. The van der Waals surface area contributed by atoms with E-state index in [1.54, 1.807) is 23.0 Å². The Bertz CT molecular complexity index is 1500. The van der Waals surface area contributed by atoms with Crippen LogP contribution in [0.4, 0.5) is 16.4 Å². The molecule has 41 heavy (non-hydrogen) atoms. The monoisotopic (exact) mass is 593 g/mol. The molecule has 2 amide bonds. The summed E-state index contributed by atoms with van der Waals surface area (Å²) in [4.78, 5) is 35.9. The number of anilines is 2. The number of hydrogen-bond acceptors (Lipinski definition) is 7. The maximum atomic E-state index is 14.0. The topological polar surface area (TPSA) is 96.2 Å². The lowest BCUT2D eigenvalue weighted by molar-refractivity contribution is 0.0995. The van der Waals surface area contributed by atoms with Gasteiger partial charge in [-0.2, -0.15) is 0 Å². The summed E-state index contributed by atoms with van der Waals surface area (Å²) in [6.45, 7) is 7.96. The number of amides is 2. The fraction of sp³-hybridized carbons (Fsp3) is 0.500. The van der Waals surface area contributed by atoms with Crippen LogP contribution in [0.15, 0.2) is 35.5 Å². The van der Waals surface area contributed by atoms with Crippen LogP contribution in [0.25, 0.3) is 0 Å². The number of aryl methyl sites for hydroxylation is 1. The number of aromatic nitrogens is 4. The van der Waals surface area contributed by atoms with Crippen molar-refractivity contribution in [1.82, 2.24) is 24.6 Å². The number of hydrogen-bond donors (Lipinski definition) is 1. The number of halogens is 1. The molecule has 1 aliphatic carbocycles. The van der Waals surface area contributed by atoms with Crippen LogP contribution in [-0.2, 0) is 25.6 Å². The van der Waals surface area contributed by atoms with Gasteiger partial charge in [0.25, 0.3) is 5.91 Å². The molecule has 0 spiro atoms. The van der Waals surface area contributed by atoms with Gasteiger partial charge in [0.05, 0.1) is 12.0 Å². The van der Waals surface area contributed by atoms with Crippen molar-refractivity contribution in [3.63, 3.8) is 0 Å². The number of carbonyl (C=O) groups excluding carboxylic acids is 2. The van der Waals surface area contributed by atoms with E-state index in [0.29, 0.717) is 30.0 Å². The fourth-order valence-corrected chi connectivity index (χ4v) is 7.85. The van der Waals surface area contributed by atoms with Crippen molar-refractivity contribution in [3.8, 4) is 0 Å². The molecule has 6 rings (SSSR count). The molecule has 2 aliphatic heterocycles. The zero-order chi connectivity index (χ0) is 28.9. The summed E-state index contributed by atoms with van der Waals surface area (Å²) in [5, 5.41) is 10.5. The third-order valence-corrected chi connectivity index (χ3v) is 9.73. The van der Waals surface area contributed by atoms with Gasteiger partial charge in [-0.3, -0.25) is 24.7 Å². The van der Waals surface area contributed by atoms with Gasteiger partial charge >= 0.3 is 5.37 Å². The molecule has 1 saturated heterocycles. The molecule has 3 aliphatic rings. The first-order chi connectivity index (χ1) is 19.7. The third-order valence-electron chi connectivity index (χ3n) is 8.83.